The summed E-state index contributed by atoms with van der Waals surface area (Å²) in [5, 5.41) is 3.29. The molecule has 2 aromatic heterocycles. The van der Waals surface area contributed by atoms with Crippen LogP contribution in [0.5, 0.6) is 0 Å². The van der Waals surface area contributed by atoms with E-state index >= 15 is 0 Å². The van der Waals surface area contributed by atoms with Gasteiger partial charge < -0.3 is 4.74 Å². The summed E-state index contributed by atoms with van der Waals surface area (Å²) < 4.78 is 82.3. The Bertz CT molecular complexity index is 1180. The molecular formula is C18H20F6N4O4S. The molecular weight excluding hydrogens is 482 g/mol. The fourth-order valence-electron chi connectivity index (χ4n) is 2.73. The molecule has 0 radical (unpaired) electrons. The molecule has 0 saturated carbocycles. The van der Waals surface area contributed by atoms with Crippen molar-refractivity contribution >= 4 is 33.9 Å². The monoisotopic (exact) mass is 502 g/mol. The maximum absolute atomic E-state index is 12.9. The lowest BCUT2D eigenvalue weighted by Gasteiger charge is -2.18. The van der Waals surface area contributed by atoms with Gasteiger partial charge in [-0.1, -0.05) is 0 Å². The van der Waals surface area contributed by atoms with Gasteiger partial charge in [-0.25, -0.2) is 15.0 Å². The second kappa shape index (κ2) is 9.19. The molecule has 2 rings (SSSR count). The first-order valence-corrected chi connectivity index (χ1v) is 10.1. The van der Waals surface area contributed by atoms with Crippen LogP contribution < -0.4 is 16.7 Å². The molecule has 1 N–H and O–H groups in total. The second-order valence-electron chi connectivity index (χ2n) is 7.95. The van der Waals surface area contributed by atoms with Gasteiger partial charge in [-0.15, -0.1) is 11.3 Å². The van der Waals surface area contributed by atoms with Gasteiger partial charge in [0.15, 0.2) is 0 Å². The largest absolute Gasteiger partial charge is 0.443 e. The predicted octanol–water partition coefficient (Wildman–Crippen LogP) is 3.91. The van der Waals surface area contributed by atoms with E-state index in [4.69, 9.17) is 4.74 Å². The zero-order chi connectivity index (χ0) is 25.4. The van der Waals surface area contributed by atoms with E-state index in [2.05, 4.69) is 10.5 Å². The molecule has 0 aliphatic rings. The molecule has 0 bridgehead atoms. The topological polar surface area (TPSA) is 94.7 Å². The summed E-state index contributed by atoms with van der Waals surface area (Å²) in [7, 11) is 0. The van der Waals surface area contributed by atoms with Crippen molar-refractivity contribution in [2.24, 2.45) is 5.10 Å². The molecule has 0 aromatic carbocycles. The van der Waals surface area contributed by atoms with Gasteiger partial charge in [0.05, 0.1) is 22.9 Å². The van der Waals surface area contributed by atoms with Crippen LogP contribution in [-0.2, 0) is 17.8 Å². The molecule has 2 heterocycles. The standard InChI is InChI=1S/C18H20F6N4O4S/c1-9-10(7-25-26-14(30)32-16(2,3)4)33-13-11(9)12(29)28(8-18(22,23)24)15(31)27(13)6-5-17(19,20)21/h7H,5-6,8H2,1-4H3,(H,26,30)/b25-7+. The number of fused-ring (bicyclic) bond motifs is 1. The van der Waals surface area contributed by atoms with Crippen LogP contribution in [0.4, 0.5) is 31.1 Å². The lowest BCUT2D eigenvalue weighted by atomic mass is 10.2. The van der Waals surface area contributed by atoms with Crippen molar-refractivity contribution in [2.45, 2.75) is 65.2 Å². The number of amides is 1. The number of aryl methyl sites for hydroxylation is 2. The van der Waals surface area contributed by atoms with E-state index < -0.39 is 54.8 Å². The van der Waals surface area contributed by atoms with Crippen LogP contribution in [0.15, 0.2) is 14.7 Å². The first-order chi connectivity index (χ1) is 14.9. The third-order valence-electron chi connectivity index (χ3n) is 4.02. The van der Waals surface area contributed by atoms with E-state index in [0.717, 1.165) is 6.21 Å². The van der Waals surface area contributed by atoms with Gasteiger partial charge in [-0.05, 0) is 33.3 Å². The molecule has 0 atom stereocenters. The number of hydrogen-bond acceptors (Lipinski definition) is 6. The molecule has 2 aromatic rings. The Morgan fingerprint density at radius 3 is 2.21 bits per heavy atom. The molecule has 0 fully saturated rings. The number of nitrogens with one attached hydrogen (secondary N) is 1. The molecule has 0 aliphatic heterocycles. The normalized spacial score (nSPS) is 13.2. The van der Waals surface area contributed by atoms with Crippen molar-refractivity contribution < 1.29 is 35.9 Å². The molecule has 15 heteroatoms. The van der Waals surface area contributed by atoms with E-state index in [1.54, 1.807) is 20.8 Å². The average Bonchev–Trinajstić information content (AvgIpc) is 2.92. The summed E-state index contributed by atoms with van der Waals surface area (Å²) in [6.45, 7) is 3.23. The summed E-state index contributed by atoms with van der Waals surface area (Å²) in [6, 6.07) is 0. The molecule has 8 nitrogen and oxygen atoms in total. The van der Waals surface area contributed by atoms with Crippen molar-refractivity contribution in [3.8, 4) is 0 Å². The average molecular weight is 502 g/mol. The van der Waals surface area contributed by atoms with Crippen LogP contribution in [0, 0.1) is 6.92 Å². The SMILES string of the molecule is Cc1c(/C=N/NC(=O)OC(C)(C)C)sc2c1c(=O)n(CC(F)(F)F)c(=O)n2CCC(F)(F)F. The summed E-state index contributed by atoms with van der Waals surface area (Å²) in [4.78, 5) is 36.7. The van der Waals surface area contributed by atoms with Gasteiger partial charge in [0.2, 0.25) is 0 Å². The number of hydrogen-bond donors (Lipinski definition) is 1. The van der Waals surface area contributed by atoms with Crippen LogP contribution in [0.2, 0.25) is 0 Å². The minimum atomic E-state index is -4.95. The Morgan fingerprint density at radius 2 is 1.70 bits per heavy atom. The Balaban J connectivity index is 2.59. The molecule has 184 valence electrons. The number of hydrazone groups is 1. The smallest absolute Gasteiger partial charge is 0.428 e. The third-order valence-corrected chi connectivity index (χ3v) is 5.27. The lowest BCUT2D eigenvalue weighted by molar-refractivity contribution is -0.143. The third kappa shape index (κ3) is 7.07. The maximum atomic E-state index is 12.9. The number of rotatable bonds is 5. The highest BCUT2D eigenvalue weighted by Crippen LogP contribution is 2.28. The van der Waals surface area contributed by atoms with Crippen molar-refractivity contribution in [2.75, 3.05) is 0 Å². The maximum Gasteiger partial charge on any atom is 0.428 e. The first-order valence-electron chi connectivity index (χ1n) is 9.32. The van der Waals surface area contributed by atoms with Gasteiger partial charge in [-0.2, -0.15) is 31.4 Å². The van der Waals surface area contributed by atoms with Crippen molar-refractivity contribution in [1.29, 1.82) is 0 Å². The highest BCUT2D eigenvalue weighted by atomic mass is 32.1. The number of ether oxygens (including phenoxy) is 1. The van der Waals surface area contributed by atoms with Crippen LogP contribution in [0.3, 0.4) is 0 Å². The van der Waals surface area contributed by atoms with Crippen molar-refractivity contribution in [1.82, 2.24) is 14.6 Å². The highest BCUT2D eigenvalue weighted by Gasteiger charge is 2.33. The van der Waals surface area contributed by atoms with Gasteiger partial charge in [0.1, 0.15) is 17.0 Å². The van der Waals surface area contributed by atoms with Crippen LogP contribution in [-0.4, -0.2) is 39.4 Å². The zero-order valence-electron chi connectivity index (χ0n) is 17.8. The van der Waals surface area contributed by atoms with E-state index in [9.17, 15) is 40.7 Å². The van der Waals surface area contributed by atoms with E-state index in [1.807, 2.05) is 0 Å². The zero-order valence-corrected chi connectivity index (χ0v) is 18.7. The molecule has 0 unspecified atom stereocenters. The Labute approximate surface area is 186 Å². The van der Waals surface area contributed by atoms with Crippen LogP contribution in [0.25, 0.3) is 10.2 Å². The van der Waals surface area contributed by atoms with Crippen molar-refractivity contribution in [3.63, 3.8) is 0 Å². The highest BCUT2D eigenvalue weighted by molar-refractivity contribution is 7.20. The number of carbonyl (C=O) groups excluding carboxylic acids is 1. The number of carbonyl (C=O) groups is 1. The van der Waals surface area contributed by atoms with Crippen LogP contribution >= 0.6 is 11.3 Å². The van der Waals surface area contributed by atoms with Gasteiger partial charge in [0.25, 0.3) is 5.56 Å². The number of thiophene rings is 1. The summed E-state index contributed by atoms with van der Waals surface area (Å²) in [5.74, 6) is 0. The van der Waals surface area contributed by atoms with Crippen molar-refractivity contribution in [3.05, 3.63) is 31.3 Å². The molecule has 33 heavy (non-hydrogen) atoms. The van der Waals surface area contributed by atoms with Gasteiger partial charge >= 0.3 is 24.1 Å². The van der Waals surface area contributed by atoms with Gasteiger partial charge in [-0.3, -0.25) is 13.9 Å². The number of alkyl halides is 6. The Morgan fingerprint density at radius 1 is 1.09 bits per heavy atom. The second-order valence-corrected chi connectivity index (χ2v) is 8.98. The fraction of sp³-hybridized carbons (Fsp3) is 0.556. The number of nitrogens with zero attached hydrogens (tertiary/aromatic N) is 3. The molecule has 1 amide bonds. The summed E-state index contributed by atoms with van der Waals surface area (Å²) >= 11 is 0.681. The fourth-order valence-corrected chi connectivity index (χ4v) is 3.92. The van der Waals surface area contributed by atoms with Gasteiger partial charge in [0, 0.05) is 6.54 Å². The summed E-state index contributed by atoms with van der Waals surface area (Å²) in [6.07, 6.45) is -11.0. The predicted molar refractivity (Wildman–Crippen MR) is 109 cm³/mol. The summed E-state index contributed by atoms with van der Waals surface area (Å²) in [5.41, 5.74) is -1.47. The van der Waals surface area contributed by atoms with Crippen LogP contribution in [0.1, 0.15) is 37.6 Å². The van der Waals surface area contributed by atoms with E-state index in [-0.39, 0.29) is 25.2 Å². The number of halogens is 6. The Kier molecular flexibility index (Phi) is 7.36. The quantitative estimate of drug-likeness (QED) is 0.381. The minimum Gasteiger partial charge on any atom is -0.443 e. The van der Waals surface area contributed by atoms with E-state index in [0.29, 0.717) is 15.9 Å². The molecule has 0 saturated heterocycles. The minimum absolute atomic E-state index is 0.0893. The molecule has 0 aliphatic carbocycles. The Hall–Kier alpha value is -2.84. The van der Waals surface area contributed by atoms with E-state index in [1.165, 1.54) is 6.92 Å². The first kappa shape index (κ1) is 26.4. The number of aromatic nitrogens is 2. The molecule has 0 spiro atoms. The lowest BCUT2D eigenvalue weighted by Crippen LogP contribution is -2.43.